The molecule has 0 aliphatic carbocycles. The Hall–Kier alpha value is -0.120. The standard InChI is InChI=1S/C12H28N2O/c1-10(12(2,3)4)9-14-7-6-11(8-13)15-5/h10-11,14H,6-9,13H2,1-5H3. The average Bonchev–Trinajstić information content (AvgIpc) is 2.16. The Morgan fingerprint density at radius 1 is 1.33 bits per heavy atom. The zero-order valence-corrected chi connectivity index (χ0v) is 11.0. The van der Waals surface area contributed by atoms with E-state index in [1.165, 1.54) is 0 Å². The molecular formula is C12H28N2O. The van der Waals surface area contributed by atoms with Crippen LogP contribution in [0.1, 0.15) is 34.1 Å². The lowest BCUT2D eigenvalue weighted by molar-refractivity contribution is 0.101. The van der Waals surface area contributed by atoms with Crippen LogP contribution in [-0.4, -0.2) is 32.8 Å². The third kappa shape index (κ3) is 6.88. The van der Waals surface area contributed by atoms with Crippen LogP contribution in [0.15, 0.2) is 0 Å². The van der Waals surface area contributed by atoms with Gasteiger partial charge in [-0.3, -0.25) is 0 Å². The Kier molecular flexibility index (Phi) is 7.14. The highest BCUT2D eigenvalue weighted by Crippen LogP contribution is 2.24. The van der Waals surface area contributed by atoms with Crippen molar-refractivity contribution in [3.63, 3.8) is 0 Å². The smallest absolute Gasteiger partial charge is 0.0705 e. The highest BCUT2D eigenvalue weighted by atomic mass is 16.5. The minimum atomic E-state index is 0.197. The van der Waals surface area contributed by atoms with Crippen molar-refractivity contribution >= 4 is 0 Å². The molecule has 2 unspecified atom stereocenters. The Balaban J connectivity index is 3.54. The van der Waals surface area contributed by atoms with Crippen molar-refractivity contribution in [1.29, 1.82) is 0 Å². The second kappa shape index (κ2) is 7.20. The zero-order chi connectivity index (χ0) is 11.9. The van der Waals surface area contributed by atoms with Crippen LogP contribution >= 0.6 is 0 Å². The third-order valence-corrected chi connectivity index (χ3v) is 3.17. The fourth-order valence-corrected chi connectivity index (χ4v) is 1.22. The average molecular weight is 216 g/mol. The van der Waals surface area contributed by atoms with Gasteiger partial charge in [-0.05, 0) is 30.8 Å². The van der Waals surface area contributed by atoms with E-state index in [0.717, 1.165) is 19.5 Å². The molecule has 0 spiro atoms. The predicted molar refractivity (Wildman–Crippen MR) is 66.0 cm³/mol. The summed E-state index contributed by atoms with van der Waals surface area (Å²) in [4.78, 5) is 0. The van der Waals surface area contributed by atoms with Gasteiger partial charge in [0.25, 0.3) is 0 Å². The summed E-state index contributed by atoms with van der Waals surface area (Å²) in [5.74, 6) is 0.677. The molecule has 0 amide bonds. The molecule has 0 aromatic heterocycles. The second-order valence-electron chi connectivity index (χ2n) is 5.35. The third-order valence-electron chi connectivity index (χ3n) is 3.17. The number of ether oxygens (including phenoxy) is 1. The Morgan fingerprint density at radius 3 is 2.33 bits per heavy atom. The van der Waals surface area contributed by atoms with E-state index in [1.807, 2.05) is 0 Å². The van der Waals surface area contributed by atoms with Crippen LogP contribution < -0.4 is 11.1 Å². The summed E-state index contributed by atoms with van der Waals surface area (Å²) in [6, 6.07) is 0. The molecule has 0 aliphatic heterocycles. The van der Waals surface area contributed by atoms with Crippen LogP contribution in [-0.2, 0) is 4.74 Å². The highest BCUT2D eigenvalue weighted by Gasteiger charge is 2.19. The first kappa shape index (κ1) is 14.9. The van der Waals surface area contributed by atoms with Gasteiger partial charge in [0.05, 0.1) is 6.10 Å². The normalized spacial score (nSPS) is 16.4. The van der Waals surface area contributed by atoms with E-state index in [1.54, 1.807) is 7.11 Å². The van der Waals surface area contributed by atoms with Gasteiger partial charge in [-0.25, -0.2) is 0 Å². The first-order valence-electron chi connectivity index (χ1n) is 5.85. The van der Waals surface area contributed by atoms with Gasteiger partial charge in [-0.1, -0.05) is 27.7 Å². The molecule has 3 heteroatoms. The zero-order valence-electron chi connectivity index (χ0n) is 11.0. The van der Waals surface area contributed by atoms with Gasteiger partial charge in [0.1, 0.15) is 0 Å². The Morgan fingerprint density at radius 2 is 1.93 bits per heavy atom. The second-order valence-corrected chi connectivity index (χ2v) is 5.35. The molecule has 92 valence electrons. The molecular weight excluding hydrogens is 188 g/mol. The van der Waals surface area contributed by atoms with Crippen molar-refractivity contribution in [3.05, 3.63) is 0 Å². The molecule has 0 aliphatic rings. The molecule has 3 N–H and O–H groups in total. The molecule has 0 aromatic carbocycles. The maximum Gasteiger partial charge on any atom is 0.0705 e. The first-order chi connectivity index (χ1) is 6.91. The molecule has 0 aromatic rings. The lowest BCUT2D eigenvalue weighted by Crippen LogP contribution is -2.33. The maximum atomic E-state index is 5.54. The van der Waals surface area contributed by atoms with Gasteiger partial charge in [0.15, 0.2) is 0 Å². The molecule has 2 atom stereocenters. The lowest BCUT2D eigenvalue weighted by Gasteiger charge is -2.27. The Bertz CT molecular complexity index is 150. The van der Waals surface area contributed by atoms with E-state index in [4.69, 9.17) is 10.5 Å². The van der Waals surface area contributed by atoms with Crippen LogP contribution in [0.4, 0.5) is 0 Å². The summed E-state index contributed by atoms with van der Waals surface area (Å²) in [6.07, 6.45) is 1.19. The summed E-state index contributed by atoms with van der Waals surface area (Å²) in [6.45, 7) is 11.8. The molecule has 0 saturated heterocycles. The molecule has 0 radical (unpaired) electrons. The number of nitrogens with one attached hydrogen (secondary N) is 1. The van der Waals surface area contributed by atoms with Gasteiger partial charge >= 0.3 is 0 Å². The van der Waals surface area contributed by atoms with Crippen LogP contribution in [0.25, 0.3) is 0 Å². The molecule has 0 fully saturated rings. The fourth-order valence-electron chi connectivity index (χ4n) is 1.22. The van der Waals surface area contributed by atoms with Crippen molar-refractivity contribution in [3.8, 4) is 0 Å². The fraction of sp³-hybridized carbons (Fsp3) is 1.00. The van der Waals surface area contributed by atoms with Gasteiger partial charge in [-0.15, -0.1) is 0 Å². The van der Waals surface area contributed by atoms with Gasteiger partial charge < -0.3 is 15.8 Å². The summed E-state index contributed by atoms with van der Waals surface area (Å²) in [5, 5.41) is 3.46. The minimum absolute atomic E-state index is 0.197. The van der Waals surface area contributed by atoms with Gasteiger partial charge in [-0.2, -0.15) is 0 Å². The van der Waals surface area contributed by atoms with Crippen LogP contribution in [0, 0.1) is 11.3 Å². The number of methoxy groups -OCH3 is 1. The summed E-state index contributed by atoms with van der Waals surface area (Å²) in [7, 11) is 1.72. The van der Waals surface area contributed by atoms with E-state index < -0.39 is 0 Å². The van der Waals surface area contributed by atoms with Gasteiger partial charge in [0.2, 0.25) is 0 Å². The predicted octanol–water partition coefficient (Wildman–Crippen LogP) is 1.62. The minimum Gasteiger partial charge on any atom is -0.380 e. The molecule has 0 heterocycles. The van der Waals surface area contributed by atoms with Crippen molar-refractivity contribution in [1.82, 2.24) is 5.32 Å². The quantitative estimate of drug-likeness (QED) is 0.636. The van der Waals surface area contributed by atoms with E-state index in [0.29, 0.717) is 17.9 Å². The van der Waals surface area contributed by atoms with Crippen LogP contribution in [0.5, 0.6) is 0 Å². The molecule has 3 nitrogen and oxygen atoms in total. The monoisotopic (exact) mass is 216 g/mol. The Labute approximate surface area is 94.8 Å². The van der Waals surface area contributed by atoms with E-state index in [2.05, 4.69) is 33.0 Å². The summed E-state index contributed by atoms with van der Waals surface area (Å²) >= 11 is 0. The summed E-state index contributed by atoms with van der Waals surface area (Å²) in [5.41, 5.74) is 5.92. The van der Waals surface area contributed by atoms with Crippen molar-refractivity contribution in [2.24, 2.45) is 17.1 Å². The van der Waals surface area contributed by atoms with E-state index >= 15 is 0 Å². The van der Waals surface area contributed by atoms with Gasteiger partial charge in [0, 0.05) is 13.7 Å². The number of nitrogens with two attached hydrogens (primary N) is 1. The molecule has 15 heavy (non-hydrogen) atoms. The lowest BCUT2D eigenvalue weighted by atomic mass is 9.82. The van der Waals surface area contributed by atoms with E-state index in [-0.39, 0.29) is 6.10 Å². The largest absolute Gasteiger partial charge is 0.380 e. The SMILES string of the molecule is COC(CN)CCNCC(C)C(C)(C)C. The number of hydrogen-bond acceptors (Lipinski definition) is 3. The van der Waals surface area contributed by atoms with Crippen molar-refractivity contribution in [2.75, 3.05) is 26.7 Å². The van der Waals surface area contributed by atoms with Crippen molar-refractivity contribution in [2.45, 2.75) is 40.2 Å². The van der Waals surface area contributed by atoms with Crippen molar-refractivity contribution < 1.29 is 4.74 Å². The van der Waals surface area contributed by atoms with E-state index in [9.17, 15) is 0 Å². The first-order valence-corrected chi connectivity index (χ1v) is 5.85. The van der Waals surface area contributed by atoms with Crippen LogP contribution in [0.3, 0.4) is 0 Å². The topological polar surface area (TPSA) is 47.3 Å². The molecule has 0 rings (SSSR count). The molecule has 0 bridgehead atoms. The maximum absolute atomic E-state index is 5.54. The number of rotatable bonds is 7. The highest BCUT2D eigenvalue weighted by molar-refractivity contribution is 4.72. The summed E-state index contributed by atoms with van der Waals surface area (Å²) < 4.78 is 5.21. The molecule has 0 saturated carbocycles. The number of hydrogen-bond donors (Lipinski definition) is 2. The van der Waals surface area contributed by atoms with Crippen LogP contribution in [0.2, 0.25) is 0 Å².